The first kappa shape index (κ1) is 20.8. The van der Waals surface area contributed by atoms with Crippen molar-refractivity contribution in [1.82, 2.24) is 0 Å². The molecule has 1 aliphatic heterocycles. The summed E-state index contributed by atoms with van der Waals surface area (Å²) in [6, 6.07) is 6.60. The molecular formula is C21H30NO6+. The summed E-state index contributed by atoms with van der Waals surface area (Å²) in [5.74, 6) is -1.15. The predicted octanol–water partition coefficient (Wildman–Crippen LogP) is 2.12. The first-order chi connectivity index (χ1) is 13.4. The van der Waals surface area contributed by atoms with E-state index in [0.29, 0.717) is 57.0 Å². The Labute approximate surface area is 165 Å². The van der Waals surface area contributed by atoms with E-state index in [-0.39, 0.29) is 11.1 Å². The fourth-order valence-electron chi connectivity index (χ4n) is 4.14. The first-order valence-corrected chi connectivity index (χ1v) is 10.0. The number of Topliss-reactive ketones (excluding diaryl/α,β-unsaturated/α-hetero) is 1. The Morgan fingerprint density at radius 2 is 1.89 bits per heavy atom. The third-order valence-corrected chi connectivity index (χ3v) is 6.05. The van der Waals surface area contributed by atoms with Gasteiger partial charge in [-0.15, -0.1) is 4.65 Å². The van der Waals surface area contributed by atoms with Crippen LogP contribution in [0.3, 0.4) is 0 Å². The number of carbonyl (C=O) groups excluding carboxylic acids is 2. The van der Waals surface area contributed by atoms with Crippen molar-refractivity contribution in [2.24, 2.45) is 5.92 Å². The molecular weight excluding hydrogens is 362 g/mol. The highest BCUT2D eigenvalue weighted by Crippen LogP contribution is 2.38. The van der Waals surface area contributed by atoms with E-state index in [1.807, 2.05) is 6.92 Å². The molecule has 2 atom stereocenters. The van der Waals surface area contributed by atoms with Gasteiger partial charge in [-0.1, -0.05) is 12.8 Å². The number of morpholine rings is 1. The molecule has 1 aromatic rings. The molecule has 1 saturated carbocycles. The minimum absolute atomic E-state index is 0.183. The topological polar surface area (TPSA) is 82.1 Å². The normalized spacial score (nSPS) is 27.0. The van der Waals surface area contributed by atoms with E-state index in [0.717, 1.165) is 6.42 Å². The molecule has 1 saturated heterocycles. The van der Waals surface area contributed by atoms with Gasteiger partial charge in [-0.2, -0.15) is 0 Å². The Bertz CT molecular complexity index is 697. The average Bonchev–Trinajstić information content (AvgIpc) is 2.74. The molecule has 1 aromatic carbocycles. The molecule has 3 rings (SSSR count). The Morgan fingerprint density at radius 3 is 2.50 bits per heavy atom. The number of aliphatic hydroxyl groups is 1. The van der Waals surface area contributed by atoms with Gasteiger partial charge in [-0.25, -0.2) is 4.79 Å². The third-order valence-electron chi connectivity index (χ3n) is 6.05. The molecule has 7 heteroatoms. The van der Waals surface area contributed by atoms with Gasteiger partial charge in [0.25, 0.3) is 0 Å². The number of hydroxylamine groups is 3. The predicted molar refractivity (Wildman–Crippen MR) is 102 cm³/mol. The smallest absolute Gasteiger partial charge is 0.373 e. The molecule has 1 N–H and O–H groups in total. The molecule has 7 nitrogen and oxygen atoms in total. The van der Waals surface area contributed by atoms with Crippen LogP contribution in [0.1, 0.15) is 43.0 Å². The third kappa shape index (κ3) is 4.06. The SMILES string of the molecule is CC[N+]1(OC(=O)C2CCCCC2(O)C(=O)c2ccc(OC)cc2)CCOCC1. The molecule has 0 aromatic heterocycles. The van der Waals surface area contributed by atoms with Gasteiger partial charge in [0.1, 0.15) is 31.0 Å². The van der Waals surface area contributed by atoms with Crippen LogP contribution in [0.25, 0.3) is 0 Å². The molecule has 2 fully saturated rings. The second-order valence-electron chi connectivity index (χ2n) is 7.62. The van der Waals surface area contributed by atoms with Crippen LogP contribution < -0.4 is 4.74 Å². The standard InChI is InChI=1S/C21H30NO6/c1-3-22(12-14-27-15-13-22)28-20(24)18-6-4-5-11-21(18,25)19(23)16-7-9-17(26-2)10-8-16/h7-10,18,25H,3-6,11-15H2,1-2H3/q+1. The summed E-state index contributed by atoms with van der Waals surface area (Å²) >= 11 is 0. The summed E-state index contributed by atoms with van der Waals surface area (Å²) in [5, 5.41) is 11.3. The molecule has 0 amide bonds. The monoisotopic (exact) mass is 392 g/mol. The Kier molecular flexibility index (Phi) is 6.37. The van der Waals surface area contributed by atoms with E-state index in [1.54, 1.807) is 31.4 Å². The number of hydrogen-bond acceptors (Lipinski definition) is 6. The fourth-order valence-corrected chi connectivity index (χ4v) is 4.14. The molecule has 1 heterocycles. The van der Waals surface area contributed by atoms with Gasteiger partial charge in [0.05, 0.1) is 26.2 Å². The van der Waals surface area contributed by atoms with E-state index in [4.69, 9.17) is 14.3 Å². The highest BCUT2D eigenvalue weighted by atomic mass is 16.8. The lowest BCUT2D eigenvalue weighted by Crippen LogP contribution is -2.59. The van der Waals surface area contributed by atoms with E-state index in [2.05, 4.69) is 0 Å². The molecule has 0 radical (unpaired) electrons. The summed E-state index contributed by atoms with van der Waals surface area (Å²) in [6.45, 7) is 4.82. The van der Waals surface area contributed by atoms with E-state index in [9.17, 15) is 14.7 Å². The number of likely N-dealkylation sites (N-methyl/N-ethyl adjacent to an activating group) is 1. The number of ether oxygens (including phenoxy) is 2. The van der Waals surface area contributed by atoms with Crippen molar-refractivity contribution in [1.29, 1.82) is 0 Å². The molecule has 0 spiro atoms. The van der Waals surface area contributed by atoms with Crippen molar-refractivity contribution in [2.75, 3.05) is 40.0 Å². The van der Waals surface area contributed by atoms with E-state index >= 15 is 0 Å². The maximum atomic E-state index is 13.2. The number of rotatable bonds is 6. The largest absolute Gasteiger partial charge is 0.497 e. The minimum Gasteiger partial charge on any atom is -0.497 e. The van der Waals surface area contributed by atoms with Gasteiger partial charge >= 0.3 is 5.97 Å². The lowest BCUT2D eigenvalue weighted by molar-refractivity contribution is -1.09. The molecule has 0 bridgehead atoms. The van der Waals surface area contributed by atoms with Crippen molar-refractivity contribution in [2.45, 2.75) is 38.2 Å². The number of ketones is 1. The maximum absolute atomic E-state index is 13.2. The van der Waals surface area contributed by atoms with Crippen LogP contribution >= 0.6 is 0 Å². The zero-order valence-corrected chi connectivity index (χ0v) is 16.7. The van der Waals surface area contributed by atoms with Crippen LogP contribution in [-0.2, 0) is 14.4 Å². The number of benzene rings is 1. The van der Waals surface area contributed by atoms with Crippen LogP contribution in [-0.4, -0.2) is 67.1 Å². The van der Waals surface area contributed by atoms with Gasteiger partial charge in [-0.05, 0) is 44.0 Å². The summed E-state index contributed by atoms with van der Waals surface area (Å²) < 4.78 is 10.7. The lowest BCUT2D eigenvalue weighted by atomic mass is 9.71. The maximum Gasteiger partial charge on any atom is 0.373 e. The number of hydrogen-bond donors (Lipinski definition) is 1. The molecule has 1 aliphatic carbocycles. The van der Waals surface area contributed by atoms with Crippen molar-refractivity contribution in [3.63, 3.8) is 0 Å². The summed E-state index contributed by atoms with van der Waals surface area (Å²) in [5.41, 5.74) is -1.37. The molecule has 2 unspecified atom stereocenters. The summed E-state index contributed by atoms with van der Waals surface area (Å²) in [4.78, 5) is 32.1. The zero-order chi connectivity index (χ0) is 20.2. The van der Waals surface area contributed by atoms with Gasteiger partial charge < -0.3 is 14.6 Å². The van der Waals surface area contributed by atoms with Crippen molar-refractivity contribution >= 4 is 11.8 Å². The number of methoxy groups -OCH3 is 1. The fraction of sp³-hybridized carbons (Fsp3) is 0.619. The van der Waals surface area contributed by atoms with Crippen LogP contribution in [0.15, 0.2) is 24.3 Å². The number of quaternary nitrogens is 1. The lowest BCUT2D eigenvalue weighted by Gasteiger charge is -2.41. The first-order valence-electron chi connectivity index (χ1n) is 10.0. The number of nitrogens with zero attached hydrogens (tertiary/aromatic N) is 1. The Hall–Kier alpha value is -1.96. The molecule has 154 valence electrons. The van der Waals surface area contributed by atoms with Crippen LogP contribution in [0.4, 0.5) is 0 Å². The van der Waals surface area contributed by atoms with E-state index in [1.165, 1.54) is 0 Å². The van der Waals surface area contributed by atoms with Crippen molar-refractivity contribution in [3.05, 3.63) is 29.8 Å². The molecule has 28 heavy (non-hydrogen) atoms. The van der Waals surface area contributed by atoms with Gasteiger partial charge in [0, 0.05) is 5.56 Å². The van der Waals surface area contributed by atoms with Crippen molar-refractivity contribution < 1.29 is 33.7 Å². The Morgan fingerprint density at radius 1 is 1.21 bits per heavy atom. The van der Waals surface area contributed by atoms with Crippen LogP contribution in [0.5, 0.6) is 5.75 Å². The highest BCUT2D eigenvalue weighted by Gasteiger charge is 2.52. The van der Waals surface area contributed by atoms with Crippen LogP contribution in [0, 0.1) is 5.92 Å². The van der Waals surface area contributed by atoms with E-state index < -0.39 is 23.3 Å². The van der Waals surface area contributed by atoms with Gasteiger partial charge in [0.2, 0.25) is 0 Å². The summed E-state index contributed by atoms with van der Waals surface area (Å²) in [7, 11) is 1.55. The van der Waals surface area contributed by atoms with Gasteiger partial charge in [-0.3, -0.25) is 9.63 Å². The van der Waals surface area contributed by atoms with Crippen molar-refractivity contribution in [3.8, 4) is 5.75 Å². The highest BCUT2D eigenvalue weighted by molar-refractivity contribution is 6.04. The molecule has 2 aliphatic rings. The number of carbonyl (C=O) groups is 2. The minimum atomic E-state index is -1.74. The van der Waals surface area contributed by atoms with Crippen LogP contribution in [0.2, 0.25) is 0 Å². The second kappa shape index (κ2) is 8.59. The average molecular weight is 392 g/mol. The Balaban J connectivity index is 1.81. The zero-order valence-electron chi connectivity index (χ0n) is 16.7. The quantitative estimate of drug-likeness (QED) is 0.590. The van der Waals surface area contributed by atoms with Gasteiger partial charge in [0.15, 0.2) is 5.78 Å². The summed E-state index contributed by atoms with van der Waals surface area (Å²) in [6.07, 6.45) is 2.18. The second-order valence-corrected chi connectivity index (χ2v) is 7.62.